The highest BCUT2D eigenvalue weighted by atomic mass is 79.9. The number of carbonyl (C=O) groups excluding carboxylic acids is 1. The highest BCUT2D eigenvalue weighted by Crippen LogP contribution is 2.39. The lowest BCUT2D eigenvalue weighted by Crippen LogP contribution is -2.31. The van der Waals surface area contributed by atoms with Crippen LogP contribution in [-0.4, -0.2) is 33.5 Å². The van der Waals surface area contributed by atoms with Crippen molar-refractivity contribution in [1.82, 2.24) is 14.8 Å². The van der Waals surface area contributed by atoms with E-state index in [1.165, 1.54) is 0 Å². The fourth-order valence-electron chi connectivity index (χ4n) is 3.77. The van der Waals surface area contributed by atoms with Gasteiger partial charge in [-0.2, -0.15) is 4.98 Å². The molecule has 4 rings (SSSR count). The molecule has 1 unspecified atom stereocenters. The summed E-state index contributed by atoms with van der Waals surface area (Å²) in [6, 6.07) is 13.0. The fraction of sp³-hybridized carbons (Fsp3) is 0.292. The van der Waals surface area contributed by atoms with Crippen LogP contribution >= 0.6 is 27.7 Å². The van der Waals surface area contributed by atoms with Crippen LogP contribution in [0.15, 0.2) is 63.4 Å². The van der Waals surface area contributed by atoms with Gasteiger partial charge in [-0.15, -0.1) is 5.10 Å². The number of methoxy groups -OCH3 is 1. The van der Waals surface area contributed by atoms with E-state index in [1.807, 2.05) is 49.4 Å². The molecule has 2 aromatic carbocycles. The van der Waals surface area contributed by atoms with Crippen molar-refractivity contribution < 1.29 is 14.3 Å². The van der Waals surface area contributed by atoms with Crippen molar-refractivity contribution in [2.24, 2.45) is 5.73 Å². The topological polar surface area (TPSA) is 104 Å². The maximum atomic E-state index is 12.4. The lowest BCUT2D eigenvalue weighted by Gasteiger charge is -2.28. The molecule has 1 amide bonds. The zero-order chi connectivity index (χ0) is 24.2. The number of hydrogen-bond donors (Lipinski definition) is 2. The second kappa shape index (κ2) is 10.5. The number of halogens is 1. The van der Waals surface area contributed by atoms with Crippen LogP contribution < -0.4 is 20.5 Å². The Kier molecular flexibility index (Phi) is 7.47. The van der Waals surface area contributed by atoms with Gasteiger partial charge in [0.05, 0.1) is 12.7 Å². The Morgan fingerprint density at radius 1 is 1.26 bits per heavy atom. The molecule has 0 saturated heterocycles. The smallest absolute Gasteiger partial charge is 0.248 e. The molecular weight excluding hydrogens is 518 g/mol. The maximum absolute atomic E-state index is 12.4. The molecule has 0 saturated carbocycles. The zero-order valence-corrected chi connectivity index (χ0v) is 21.6. The first-order chi connectivity index (χ1) is 16.4. The number of hydrogen-bond acceptors (Lipinski definition) is 7. The maximum Gasteiger partial charge on any atom is 0.248 e. The van der Waals surface area contributed by atoms with Gasteiger partial charge < -0.3 is 20.5 Å². The van der Waals surface area contributed by atoms with E-state index in [1.54, 1.807) is 23.6 Å². The van der Waals surface area contributed by atoms with Gasteiger partial charge in [0.15, 0.2) is 11.5 Å². The van der Waals surface area contributed by atoms with E-state index in [2.05, 4.69) is 38.3 Å². The minimum atomic E-state index is -0.537. The number of ether oxygens (including phenoxy) is 2. The minimum Gasteiger partial charge on any atom is -0.493 e. The molecule has 8 nitrogen and oxygen atoms in total. The number of primary amides is 1. The third-order valence-corrected chi connectivity index (χ3v) is 6.86. The summed E-state index contributed by atoms with van der Waals surface area (Å²) < 4.78 is 14.4. The number of anilines is 1. The summed E-state index contributed by atoms with van der Waals surface area (Å²) in [6.45, 7) is 4.31. The van der Waals surface area contributed by atoms with E-state index in [0.717, 1.165) is 27.8 Å². The third-order valence-electron chi connectivity index (χ3n) is 5.32. The number of thioether (sulfide) groups is 1. The van der Waals surface area contributed by atoms with Gasteiger partial charge >= 0.3 is 0 Å². The van der Waals surface area contributed by atoms with Crippen molar-refractivity contribution in [2.45, 2.75) is 38.1 Å². The molecule has 3 aromatic rings. The SMILES string of the molecule is CCCSc1nc2n(n1)C(c1ccc(OCc3cccc(Br)c3)c(OC)c1)C(C(N)=O)=C(C)N2. The first-order valence-corrected chi connectivity index (χ1v) is 12.6. The Morgan fingerprint density at radius 2 is 2.09 bits per heavy atom. The molecule has 1 atom stereocenters. The lowest BCUT2D eigenvalue weighted by atomic mass is 9.95. The fourth-order valence-corrected chi connectivity index (χ4v) is 4.90. The lowest BCUT2D eigenvalue weighted by molar-refractivity contribution is -0.115. The molecule has 3 N–H and O–H groups in total. The summed E-state index contributed by atoms with van der Waals surface area (Å²) in [5.41, 5.74) is 8.68. The van der Waals surface area contributed by atoms with E-state index in [9.17, 15) is 4.79 Å². The van der Waals surface area contributed by atoms with Crippen molar-refractivity contribution in [2.75, 3.05) is 18.2 Å². The number of nitrogens with two attached hydrogens (primary N) is 1. The molecule has 0 radical (unpaired) electrons. The normalized spacial score (nSPS) is 15.0. The Hall–Kier alpha value is -2.98. The number of allylic oxidation sites excluding steroid dienone is 1. The summed E-state index contributed by atoms with van der Waals surface area (Å²) in [6.07, 6.45) is 1.01. The Balaban J connectivity index is 1.68. The molecule has 2 heterocycles. The number of rotatable bonds is 9. The average molecular weight is 544 g/mol. The van der Waals surface area contributed by atoms with Crippen molar-refractivity contribution in [1.29, 1.82) is 0 Å². The summed E-state index contributed by atoms with van der Waals surface area (Å²) in [5.74, 6) is 2.10. The van der Waals surface area contributed by atoms with Gasteiger partial charge in [0.25, 0.3) is 0 Å². The van der Waals surface area contributed by atoms with Gasteiger partial charge in [-0.3, -0.25) is 4.79 Å². The van der Waals surface area contributed by atoms with E-state index in [4.69, 9.17) is 15.2 Å². The predicted molar refractivity (Wildman–Crippen MR) is 136 cm³/mol. The molecule has 10 heteroatoms. The highest BCUT2D eigenvalue weighted by Gasteiger charge is 2.33. The Morgan fingerprint density at radius 3 is 2.79 bits per heavy atom. The number of aromatic nitrogens is 3. The number of nitrogens with one attached hydrogen (secondary N) is 1. The summed E-state index contributed by atoms with van der Waals surface area (Å²) in [5, 5.41) is 8.48. The number of benzene rings is 2. The van der Waals surface area contributed by atoms with Crippen molar-refractivity contribution >= 4 is 39.5 Å². The van der Waals surface area contributed by atoms with Crippen molar-refractivity contribution in [3.8, 4) is 11.5 Å². The number of carbonyl (C=O) groups is 1. The quantitative estimate of drug-likeness (QED) is 0.369. The Labute approximate surface area is 211 Å². The van der Waals surface area contributed by atoms with Crippen LogP contribution in [0, 0.1) is 0 Å². The van der Waals surface area contributed by atoms with Crippen LogP contribution in [0.5, 0.6) is 11.5 Å². The van der Waals surface area contributed by atoms with E-state index in [0.29, 0.717) is 40.5 Å². The standard InChI is InChI=1S/C24H26BrN5O3S/c1-4-10-34-24-28-23-27-14(2)20(22(26)31)21(30(23)29-24)16-8-9-18(19(12-16)32-3)33-13-15-6-5-7-17(25)11-15/h5-9,11-12,21H,4,10,13H2,1-3H3,(H2,26,31)(H,27,28,29). The zero-order valence-electron chi connectivity index (χ0n) is 19.2. The first kappa shape index (κ1) is 24.2. The molecule has 1 aromatic heterocycles. The molecule has 1 aliphatic rings. The van der Waals surface area contributed by atoms with Crippen LogP contribution in [0.2, 0.25) is 0 Å². The summed E-state index contributed by atoms with van der Waals surface area (Å²) in [7, 11) is 1.59. The second-order valence-corrected chi connectivity index (χ2v) is 9.75. The molecule has 34 heavy (non-hydrogen) atoms. The first-order valence-electron chi connectivity index (χ1n) is 10.8. The van der Waals surface area contributed by atoms with Crippen molar-refractivity contribution in [3.05, 3.63) is 69.3 Å². The summed E-state index contributed by atoms with van der Waals surface area (Å²) in [4.78, 5) is 17.0. The van der Waals surface area contributed by atoms with Crippen LogP contribution in [0.1, 0.15) is 37.4 Å². The molecule has 0 aliphatic carbocycles. The molecule has 0 spiro atoms. The van der Waals surface area contributed by atoms with Gasteiger partial charge in [-0.1, -0.05) is 52.8 Å². The number of fused-ring (bicyclic) bond motifs is 1. The second-order valence-electron chi connectivity index (χ2n) is 7.77. The van der Waals surface area contributed by atoms with Gasteiger partial charge in [-0.05, 0) is 48.7 Å². The van der Waals surface area contributed by atoms with Crippen molar-refractivity contribution in [3.63, 3.8) is 0 Å². The molecule has 0 bridgehead atoms. The van der Waals surface area contributed by atoms with Crippen LogP contribution in [0.3, 0.4) is 0 Å². The minimum absolute atomic E-state index is 0.388. The molecule has 0 fully saturated rings. The van der Waals surface area contributed by atoms with E-state index >= 15 is 0 Å². The van der Waals surface area contributed by atoms with E-state index < -0.39 is 11.9 Å². The summed E-state index contributed by atoms with van der Waals surface area (Å²) >= 11 is 5.05. The number of amides is 1. The monoisotopic (exact) mass is 543 g/mol. The largest absolute Gasteiger partial charge is 0.493 e. The Bertz CT molecular complexity index is 1240. The van der Waals surface area contributed by atoms with Gasteiger partial charge in [0.1, 0.15) is 12.6 Å². The average Bonchev–Trinajstić information content (AvgIpc) is 3.22. The molecule has 178 valence electrons. The number of nitrogens with zero attached hydrogens (tertiary/aromatic N) is 3. The molecule has 1 aliphatic heterocycles. The predicted octanol–water partition coefficient (Wildman–Crippen LogP) is 4.90. The van der Waals surface area contributed by atoms with Crippen LogP contribution in [0.4, 0.5) is 5.95 Å². The van der Waals surface area contributed by atoms with Gasteiger partial charge in [0, 0.05) is 15.9 Å². The van der Waals surface area contributed by atoms with E-state index in [-0.39, 0.29) is 0 Å². The third kappa shape index (κ3) is 5.07. The van der Waals surface area contributed by atoms with Crippen LogP contribution in [-0.2, 0) is 11.4 Å². The highest BCUT2D eigenvalue weighted by molar-refractivity contribution is 9.10. The van der Waals surface area contributed by atoms with Crippen LogP contribution in [0.25, 0.3) is 0 Å². The van der Waals surface area contributed by atoms with Gasteiger partial charge in [-0.25, -0.2) is 4.68 Å². The van der Waals surface area contributed by atoms with Gasteiger partial charge in [0.2, 0.25) is 17.0 Å². The molecular formula is C24H26BrN5O3S.